The highest BCUT2D eigenvalue weighted by atomic mass is 128. The maximum Gasteiger partial charge on any atom is 0.400 e. The normalized spacial score (nSPS) is 27.9. The topological polar surface area (TPSA) is 334 Å². The number of halogens is 2. The van der Waals surface area contributed by atoms with Crippen molar-refractivity contribution in [2.24, 2.45) is 11.8 Å². The van der Waals surface area contributed by atoms with Gasteiger partial charge in [0.05, 0.1) is 73.2 Å². The van der Waals surface area contributed by atoms with E-state index in [0.717, 1.165) is 39.2 Å². The van der Waals surface area contributed by atoms with E-state index < -0.39 is 117 Å². The van der Waals surface area contributed by atoms with Crippen molar-refractivity contribution in [3.8, 4) is 17.2 Å². The summed E-state index contributed by atoms with van der Waals surface area (Å²) in [5, 5.41) is 68.5. The Labute approximate surface area is 547 Å². The van der Waals surface area contributed by atoms with Crippen LogP contribution < -0.4 is 14.2 Å². The smallest absolute Gasteiger partial charge is 0.400 e. The van der Waals surface area contributed by atoms with Crippen molar-refractivity contribution in [2.45, 2.75) is 150 Å². The molecule has 23 nitrogen and oxygen atoms in total. The second-order valence-electron chi connectivity index (χ2n) is 21.2. The van der Waals surface area contributed by atoms with Gasteiger partial charge in [-0.05, 0) is 71.8 Å². The predicted octanol–water partition coefficient (Wildman–Crippen LogP) is 5.50. The van der Waals surface area contributed by atoms with E-state index in [-0.39, 0.29) is 50.3 Å². The maximum atomic E-state index is 12.4. The molecule has 18 atom stereocenters. The number of hydrogen-bond acceptors (Lipinski definition) is 24. The highest BCUT2D eigenvalue weighted by Crippen LogP contribution is 2.38. The van der Waals surface area contributed by atoms with Crippen LogP contribution in [0.25, 0.3) is 0 Å². The van der Waals surface area contributed by atoms with Gasteiger partial charge in [-0.2, -0.15) is 20.2 Å². The first-order valence-electron chi connectivity index (χ1n) is 28.4. The molecular weight excluding hydrogens is 1460 g/mol. The van der Waals surface area contributed by atoms with E-state index in [2.05, 4.69) is 79.2 Å². The molecule has 0 amide bonds. The first kappa shape index (κ1) is 76.4. The van der Waals surface area contributed by atoms with Gasteiger partial charge in [0.1, 0.15) is 89.8 Å². The SMILES string of the molecule is CC[C@H](O)[C@@H](O)[C@@H](O)C(OS(=O)(=O)[O-])[C@H](O)C[S+]1C[C@@H](O)[C@H](O)[C@H]1CO.CC[C@H]1SC[C@@H](OCc2ccc(OC)cc2)[C@@H]1C.COc1ccc(CO[C@@H]([C@@H]2OS(=O)(=O)OC[C@H]2C)[C@@H]2OC(c3ccccc3)OC[C@@H]2OCc2ccc(OC)cc2)cc1.II. The minimum absolute atomic E-state index is 0.000509. The zero-order valence-corrected chi connectivity index (χ0v) is 57.5. The molecule has 0 spiro atoms. The minimum Gasteiger partial charge on any atom is -0.726 e. The Balaban J connectivity index is 0.000000261. The van der Waals surface area contributed by atoms with Crippen molar-refractivity contribution < 1.29 is 108 Å². The van der Waals surface area contributed by atoms with Crippen LogP contribution in [0.4, 0.5) is 0 Å². The third-order valence-electron chi connectivity index (χ3n) is 15.2. The molecular formula is C59H84I2O23S4. The van der Waals surface area contributed by atoms with Gasteiger partial charge >= 0.3 is 10.4 Å². The fourth-order valence-electron chi connectivity index (χ4n) is 10.0. The zero-order valence-electron chi connectivity index (χ0n) is 50.0. The highest BCUT2D eigenvalue weighted by Gasteiger charge is 2.52. The predicted molar refractivity (Wildman–Crippen MR) is 346 cm³/mol. The number of benzene rings is 4. The second-order valence-corrected chi connectivity index (χ2v) is 27.1. The summed E-state index contributed by atoms with van der Waals surface area (Å²) in [5.41, 5.74) is 3.82. The molecule has 3 unspecified atom stereocenters. The third-order valence-corrected chi connectivity index (χ3v) is 21.1. The monoisotopic (exact) mass is 1540 g/mol. The van der Waals surface area contributed by atoms with Crippen LogP contribution in [-0.4, -0.2) is 199 Å². The maximum absolute atomic E-state index is 12.4. The summed E-state index contributed by atoms with van der Waals surface area (Å²) in [4.78, 5) is 0. The van der Waals surface area contributed by atoms with Gasteiger partial charge in [0, 0.05) is 70.6 Å². The van der Waals surface area contributed by atoms with Crippen LogP contribution in [0.5, 0.6) is 17.2 Å². The molecule has 4 aliphatic rings. The summed E-state index contributed by atoms with van der Waals surface area (Å²) in [5.74, 6) is 3.53. The third kappa shape index (κ3) is 23.3. The fourth-order valence-corrected chi connectivity index (χ4v) is 15.8. The van der Waals surface area contributed by atoms with Gasteiger partial charge in [0.2, 0.25) is 10.4 Å². The molecule has 4 aromatic carbocycles. The lowest BCUT2D eigenvalue weighted by molar-refractivity contribution is -0.300. The van der Waals surface area contributed by atoms with Crippen molar-refractivity contribution >= 4 is 80.7 Å². The summed E-state index contributed by atoms with van der Waals surface area (Å²) >= 11 is 6.29. The lowest BCUT2D eigenvalue weighted by atomic mass is 9.93. The van der Waals surface area contributed by atoms with E-state index >= 15 is 0 Å². The lowest BCUT2D eigenvalue weighted by Gasteiger charge is -2.44. The summed E-state index contributed by atoms with van der Waals surface area (Å²) in [6.07, 6.45) is -13.9. The Morgan fingerprint density at radius 1 is 0.739 bits per heavy atom. The van der Waals surface area contributed by atoms with Crippen molar-refractivity contribution in [3.05, 3.63) is 125 Å². The number of hydrogen-bond donors (Lipinski definition) is 7. The van der Waals surface area contributed by atoms with Gasteiger partial charge in [-0.1, -0.05) is 94.4 Å². The van der Waals surface area contributed by atoms with Crippen LogP contribution in [-0.2, 0) is 87.7 Å². The first-order chi connectivity index (χ1) is 42.0. The first-order valence-corrected chi connectivity index (χ1v) is 40.0. The second kappa shape index (κ2) is 38.2. The van der Waals surface area contributed by atoms with Gasteiger partial charge < -0.3 is 78.2 Å². The van der Waals surface area contributed by atoms with Gasteiger partial charge in [-0.25, -0.2) is 16.8 Å². The van der Waals surface area contributed by atoms with E-state index in [1.807, 2.05) is 97.9 Å². The van der Waals surface area contributed by atoms with Crippen LogP contribution >= 0.6 is 49.0 Å². The number of ether oxygens (including phenoxy) is 8. The Hall–Kier alpha value is -2.30. The van der Waals surface area contributed by atoms with E-state index in [4.69, 9.17) is 46.3 Å². The van der Waals surface area contributed by atoms with Crippen molar-refractivity contribution in [3.63, 3.8) is 0 Å². The van der Waals surface area contributed by atoms with Gasteiger partial charge in [0.25, 0.3) is 0 Å². The van der Waals surface area contributed by atoms with Crippen LogP contribution in [0, 0.1) is 11.8 Å². The molecule has 4 aliphatic heterocycles. The molecule has 0 bridgehead atoms. The Morgan fingerprint density at radius 2 is 1.27 bits per heavy atom. The van der Waals surface area contributed by atoms with Gasteiger partial charge in [0.15, 0.2) is 11.5 Å². The molecule has 29 heteroatoms. The number of methoxy groups -OCH3 is 3. The molecule has 0 saturated carbocycles. The quantitative estimate of drug-likeness (QED) is 0.0177. The van der Waals surface area contributed by atoms with Crippen molar-refractivity contribution in [2.75, 3.05) is 58.4 Å². The van der Waals surface area contributed by atoms with Crippen LogP contribution in [0.3, 0.4) is 0 Å². The molecule has 4 saturated heterocycles. The molecule has 0 radical (unpaired) electrons. The molecule has 4 fully saturated rings. The molecule has 88 heavy (non-hydrogen) atoms. The minimum atomic E-state index is -5.36. The van der Waals surface area contributed by atoms with E-state index in [1.165, 1.54) is 18.9 Å². The van der Waals surface area contributed by atoms with Crippen LogP contribution in [0.2, 0.25) is 0 Å². The Kier molecular flexibility index (Phi) is 33.1. The van der Waals surface area contributed by atoms with Crippen LogP contribution in [0.1, 0.15) is 69.1 Å². The zero-order chi connectivity index (χ0) is 64.7. The molecule has 4 heterocycles. The molecule has 0 aliphatic carbocycles. The highest BCUT2D eigenvalue weighted by molar-refractivity contribution is 15.0. The Morgan fingerprint density at radius 3 is 1.76 bits per heavy atom. The fraction of sp³-hybridized carbons (Fsp3) is 0.593. The summed E-state index contributed by atoms with van der Waals surface area (Å²) in [6, 6.07) is 32.6. The number of aliphatic hydroxyl groups excluding tert-OH is 7. The molecule has 7 N–H and O–H groups in total. The number of aliphatic hydroxyl groups is 7. The average molecular weight is 1540 g/mol. The Bertz CT molecular complexity index is 2820. The molecule has 0 aromatic heterocycles. The van der Waals surface area contributed by atoms with E-state index in [0.29, 0.717) is 24.4 Å². The van der Waals surface area contributed by atoms with Crippen molar-refractivity contribution in [1.82, 2.24) is 0 Å². The molecule has 496 valence electrons. The largest absolute Gasteiger partial charge is 0.726 e. The summed E-state index contributed by atoms with van der Waals surface area (Å²) < 4.78 is 119. The van der Waals surface area contributed by atoms with Gasteiger partial charge in [-0.15, -0.1) is 0 Å². The lowest BCUT2D eigenvalue weighted by Crippen LogP contribution is -2.57. The summed E-state index contributed by atoms with van der Waals surface area (Å²) in [6.45, 7) is 8.69. The standard InChI is InChI=1S/C31H36O10S.C15H22O2S.C13H26O11S2.I2/c1-21-17-39-42(32,33)41-28(21)30(37-19-23-11-15-26(35-3)16-12-23)29-27(36-18-22-9-13-25(34-2)14-10-22)20-38-31(40-29)24-7-5-4-6-8-24;1-4-15-11(2)14(10-18-15)17-9-12-5-7-13(16-3)8-6-12;1-2-6(15)11(19)12(20)13(24-26(21,22)23)8(17)5-25-4-7(16)10(18)9(25)3-14;1-2/h4-16,21,27-31H,17-20H2,1-3H3;5-8,11,14-15H,4,9-10H2,1-3H3;6-20H,2-5H2,1H3;/t21-,27+,28-,29-,30+,31?;11-,14+,15+;6-,7+,8+,9+,10-,11+,12+,13?,25?;/m100./s1. The van der Waals surface area contributed by atoms with E-state index in [9.17, 15) is 57.1 Å². The summed E-state index contributed by atoms with van der Waals surface area (Å²) in [7, 11) is -5.66. The molecule has 8 rings (SSSR count). The van der Waals surface area contributed by atoms with E-state index in [1.54, 1.807) is 21.3 Å². The number of thioether (sulfide) groups is 1. The number of rotatable bonds is 26. The van der Waals surface area contributed by atoms with Crippen LogP contribution in [0.15, 0.2) is 103 Å². The van der Waals surface area contributed by atoms with Crippen molar-refractivity contribution in [1.29, 1.82) is 0 Å². The van der Waals surface area contributed by atoms with Gasteiger partial charge in [-0.3, -0.25) is 4.18 Å². The molecule has 4 aromatic rings. The average Bonchev–Trinajstić information content (AvgIpc) is 1.24.